The van der Waals surface area contributed by atoms with Gasteiger partial charge in [0.05, 0.1) is 0 Å². The normalized spacial score (nSPS) is 12.4. The molecule has 0 aromatic rings. The summed E-state index contributed by atoms with van der Waals surface area (Å²) >= 11 is 0. The number of hydrogen-bond acceptors (Lipinski definition) is 6. The lowest BCUT2D eigenvalue weighted by Crippen LogP contribution is -2.30. The Labute approximate surface area is 371 Å². The van der Waals surface area contributed by atoms with Crippen molar-refractivity contribution < 1.29 is 28.6 Å². The highest BCUT2D eigenvalue weighted by Crippen LogP contribution is 2.15. The maximum Gasteiger partial charge on any atom is 0.306 e. The second kappa shape index (κ2) is 49.0. The molecule has 0 aliphatic heterocycles. The second-order valence-electron chi connectivity index (χ2n) is 17.1. The van der Waals surface area contributed by atoms with Crippen molar-refractivity contribution in [3.63, 3.8) is 0 Å². The zero-order chi connectivity index (χ0) is 43.7. The number of rotatable bonds is 46. The van der Waals surface area contributed by atoms with Crippen molar-refractivity contribution in [2.45, 2.75) is 264 Å². The first-order valence-electron chi connectivity index (χ1n) is 25.6. The summed E-state index contributed by atoms with van der Waals surface area (Å²) in [6, 6.07) is 0. The monoisotopic (exact) mass is 841 g/mol. The van der Waals surface area contributed by atoms with Crippen LogP contribution in [0.3, 0.4) is 0 Å². The fraction of sp³-hybridized carbons (Fsp3) is 0.796. The lowest BCUT2D eigenvalue weighted by Gasteiger charge is -2.18. The Morgan fingerprint density at radius 3 is 0.967 bits per heavy atom. The molecule has 6 heteroatoms. The summed E-state index contributed by atoms with van der Waals surface area (Å²) in [5.74, 6) is -0.907. The van der Waals surface area contributed by atoms with Crippen LogP contribution in [0.5, 0.6) is 0 Å². The van der Waals surface area contributed by atoms with Crippen molar-refractivity contribution >= 4 is 17.9 Å². The van der Waals surface area contributed by atoms with E-state index in [9.17, 15) is 14.4 Å². The standard InChI is InChI=1S/C54H96O6/c1-4-7-10-13-16-19-21-23-25-26-27-28-29-31-32-35-38-41-44-47-53(56)59-50-51(49-58-52(55)46-43-40-37-34-18-15-12-9-6-3)60-54(57)48-45-42-39-36-33-30-24-22-20-17-14-11-8-5-2/h16,19,23,25,27-28,31-32,51H,4-15,17-18,20-22,24,26,29-30,33-50H2,1-3H3/b19-16-,25-23-,28-27-,32-31-/t51-/m1/s1. The van der Waals surface area contributed by atoms with Crippen LogP contribution >= 0.6 is 0 Å². The van der Waals surface area contributed by atoms with Gasteiger partial charge in [0.15, 0.2) is 6.10 Å². The van der Waals surface area contributed by atoms with Gasteiger partial charge < -0.3 is 14.2 Å². The van der Waals surface area contributed by atoms with Crippen molar-refractivity contribution in [3.05, 3.63) is 48.6 Å². The van der Waals surface area contributed by atoms with E-state index in [4.69, 9.17) is 14.2 Å². The highest BCUT2D eigenvalue weighted by molar-refractivity contribution is 5.71. The Morgan fingerprint density at radius 2 is 0.600 bits per heavy atom. The molecule has 0 unspecified atom stereocenters. The number of esters is 3. The zero-order valence-corrected chi connectivity index (χ0v) is 39.7. The topological polar surface area (TPSA) is 78.9 Å². The zero-order valence-electron chi connectivity index (χ0n) is 39.7. The largest absolute Gasteiger partial charge is 0.462 e. The summed E-state index contributed by atoms with van der Waals surface area (Å²) in [6.07, 6.45) is 58.1. The summed E-state index contributed by atoms with van der Waals surface area (Å²) in [5.41, 5.74) is 0. The van der Waals surface area contributed by atoms with E-state index >= 15 is 0 Å². The van der Waals surface area contributed by atoms with Crippen LogP contribution in [0, 0.1) is 0 Å². The Morgan fingerprint density at radius 1 is 0.333 bits per heavy atom. The van der Waals surface area contributed by atoms with E-state index in [0.717, 1.165) is 83.5 Å². The van der Waals surface area contributed by atoms with Gasteiger partial charge in [-0.25, -0.2) is 0 Å². The average Bonchev–Trinajstić information content (AvgIpc) is 3.24. The van der Waals surface area contributed by atoms with Crippen molar-refractivity contribution in [2.75, 3.05) is 13.2 Å². The van der Waals surface area contributed by atoms with Gasteiger partial charge in [-0.3, -0.25) is 14.4 Å². The molecule has 0 bridgehead atoms. The van der Waals surface area contributed by atoms with Crippen LogP contribution in [-0.2, 0) is 28.6 Å². The third-order valence-electron chi connectivity index (χ3n) is 11.1. The third-order valence-corrected chi connectivity index (χ3v) is 11.1. The maximum atomic E-state index is 12.8. The molecule has 0 aliphatic carbocycles. The van der Waals surface area contributed by atoms with Crippen molar-refractivity contribution in [3.8, 4) is 0 Å². The Balaban J connectivity index is 4.36. The predicted octanol–water partition coefficient (Wildman–Crippen LogP) is 16.7. The molecule has 0 saturated carbocycles. The van der Waals surface area contributed by atoms with Crippen LogP contribution in [0.1, 0.15) is 258 Å². The van der Waals surface area contributed by atoms with Gasteiger partial charge in [0.2, 0.25) is 0 Å². The molecule has 0 saturated heterocycles. The molecule has 0 amide bonds. The molecule has 0 radical (unpaired) electrons. The number of carbonyl (C=O) groups excluding carboxylic acids is 3. The Bertz CT molecular complexity index is 1060. The van der Waals surface area contributed by atoms with Gasteiger partial charge >= 0.3 is 17.9 Å². The fourth-order valence-corrected chi connectivity index (χ4v) is 7.19. The molecule has 0 aromatic carbocycles. The lowest BCUT2D eigenvalue weighted by atomic mass is 10.0. The van der Waals surface area contributed by atoms with Crippen LogP contribution in [0.4, 0.5) is 0 Å². The summed E-state index contributed by atoms with van der Waals surface area (Å²) in [6.45, 7) is 6.57. The van der Waals surface area contributed by atoms with Crippen LogP contribution in [0.15, 0.2) is 48.6 Å². The lowest BCUT2D eigenvalue weighted by molar-refractivity contribution is -0.167. The highest BCUT2D eigenvalue weighted by Gasteiger charge is 2.19. The van der Waals surface area contributed by atoms with Crippen molar-refractivity contribution in [2.24, 2.45) is 0 Å². The van der Waals surface area contributed by atoms with E-state index in [-0.39, 0.29) is 31.1 Å². The minimum atomic E-state index is -0.780. The Hall–Kier alpha value is -2.63. The van der Waals surface area contributed by atoms with Gasteiger partial charge in [0.25, 0.3) is 0 Å². The van der Waals surface area contributed by atoms with E-state index in [1.165, 1.54) is 135 Å². The van der Waals surface area contributed by atoms with E-state index in [1.807, 2.05) is 0 Å². The van der Waals surface area contributed by atoms with E-state index in [0.29, 0.717) is 19.3 Å². The molecular weight excluding hydrogens is 745 g/mol. The molecule has 0 heterocycles. The molecule has 60 heavy (non-hydrogen) atoms. The second-order valence-corrected chi connectivity index (χ2v) is 17.1. The quantitative estimate of drug-likeness (QED) is 0.0263. The number of hydrogen-bond donors (Lipinski definition) is 0. The predicted molar refractivity (Wildman–Crippen MR) is 256 cm³/mol. The summed E-state index contributed by atoms with van der Waals surface area (Å²) in [4.78, 5) is 37.8. The molecule has 0 spiro atoms. The van der Waals surface area contributed by atoms with E-state index < -0.39 is 6.10 Å². The first kappa shape index (κ1) is 57.4. The van der Waals surface area contributed by atoms with E-state index in [1.54, 1.807) is 0 Å². The van der Waals surface area contributed by atoms with Crippen LogP contribution < -0.4 is 0 Å². The van der Waals surface area contributed by atoms with Crippen LogP contribution in [0.2, 0.25) is 0 Å². The van der Waals surface area contributed by atoms with Crippen LogP contribution in [0.25, 0.3) is 0 Å². The third kappa shape index (κ3) is 46.4. The molecule has 348 valence electrons. The Kier molecular flexibility index (Phi) is 46.9. The van der Waals surface area contributed by atoms with Gasteiger partial charge in [-0.2, -0.15) is 0 Å². The molecule has 6 nitrogen and oxygen atoms in total. The molecule has 0 N–H and O–H groups in total. The summed E-state index contributed by atoms with van der Waals surface area (Å²) in [5, 5.41) is 0. The SMILES string of the molecule is CCCCC/C=C\C/C=C\C/C=C\C/C=C\CCCCCC(=O)OC[C@@H](COC(=O)CCCCCCCCCCC)OC(=O)CCCCCCCCCCCCCCCC. The highest BCUT2D eigenvalue weighted by atomic mass is 16.6. The van der Waals surface area contributed by atoms with Gasteiger partial charge in [-0.1, -0.05) is 223 Å². The summed E-state index contributed by atoms with van der Waals surface area (Å²) < 4.78 is 16.7. The molecule has 1 atom stereocenters. The minimum absolute atomic E-state index is 0.0803. The first-order chi connectivity index (χ1) is 29.5. The maximum absolute atomic E-state index is 12.8. The molecule has 0 aromatic heterocycles. The fourth-order valence-electron chi connectivity index (χ4n) is 7.19. The molecule has 0 rings (SSSR count). The molecule has 0 fully saturated rings. The number of unbranched alkanes of at least 4 members (excludes halogenated alkanes) is 27. The van der Waals surface area contributed by atoms with Gasteiger partial charge in [0.1, 0.15) is 13.2 Å². The molecular formula is C54H96O6. The number of allylic oxidation sites excluding steroid dienone is 8. The van der Waals surface area contributed by atoms with Gasteiger partial charge in [0, 0.05) is 19.3 Å². The van der Waals surface area contributed by atoms with Crippen molar-refractivity contribution in [1.29, 1.82) is 0 Å². The van der Waals surface area contributed by atoms with Gasteiger partial charge in [-0.05, 0) is 64.2 Å². The molecule has 0 aliphatic rings. The minimum Gasteiger partial charge on any atom is -0.462 e. The van der Waals surface area contributed by atoms with Crippen LogP contribution in [-0.4, -0.2) is 37.2 Å². The average molecular weight is 841 g/mol. The number of carbonyl (C=O) groups is 3. The first-order valence-corrected chi connectivity index (χ1v) is 25.6. The summed E-state index contributed by atoms with van der Waals surface area (Å²) in [7, 11) is 0. The smallest absolute Gasteiger partial charge is 0.306 e. The van der Waals surface area contributed by atoms with E-state index in [2.05, 4.69) is 69.4 Å². The number of ether oxygens (including phenoxy) is 3. The van der Waals surface area contributed by atoms with Gasteiger partial charge in [-0.15, -0.1) is 0 Å². The van der Waals surface area contributed by atoms with Crippen molar-refractivity contribution in [1.82, 2.24) is 0 Å².